The fourth-order valence-corrected chi connectivity index (χ4v) is 2.90. The van der Waals surface area contributed by atoms with E-state index in [9.17, 15) is 9.18 Å². The van der Waals surface area contributed by atoms with Crippen molar-refractivity contribution in [2.45, 2.75) is 45.4 Å². The number of ether oxygens (including phenoxy) is 3. The summed E-state index contributed by atoms with van der Waals surface area (Å²) in [7, 11) is 0. The van der Waals surface area contributed by atoms with Gasteiger partial charge < -0.3 is 19.9 Å². The van der Waals surface area contributed by atoms with Crippen molar-refractivity contribution < 1.29 is 23.4 Å². The van der Waals surface area contributed by atoms with Crippen molar-refractivity contribution in [3.63, 3.8) is 0 Å². The number of nitrogens with two attached hydrogens (primary N) is 1. The summed E-state index contributed by atoms with van der Waals surface area (Å²) in [6.45, 7) is 7.01. The van der Waals surface area contributed by atoms with E-state index >= 15 is 0 Å². The van der Waals surface area contributed by atoms with Crippen molar-refractivity contribution in [1.29, 1.82) is 0 Å². The SMILES string of the molecule is CC(C)CO[C@@H]1[C@@H](Cc2ccc(F)cc2)COC[C@H](N)C(=O)O[C@H]1C.Cl. The van der Waals surface area contributed by atoms with Crippen molar-refractivity contribution in [1.82, 2.24) is 0 Å². The Kier molecular flexibility index (Phi) is 9.50. The quantitative estimate of drug-likeness (QED) is 0.784. The molecule has 5 nitrogen and oxygen atoms in total. The average Bonchev–Trinajstić information content (AvgIpc) is 2.59. The van der Waals surface area contributed by atoms with Crippen LogP contribution in [0.1, 0.15) is 26.3 Å². The van der Waals surface area contributed by atoms with Crippen LogP contribution in [0, 0.1) is 17.7 Å². The smallest absolute Gasteiger partial charge is 0.325 e. The molecule has 148 valence electrons. The van der Waals surface area contributed by atoms with Crippen LogP contribution in [-0.4, -0.2) is 44.0 Å². The van der Waals surface area contributed by atoms with E-state index in [1.54, 1.807) is 12.1 Å². The van der Waals surface area contributed by atoms with E-state index in [2.05, 4.69) is 13.8 Å². The largest absolute Gasteiger partial charge is 0.459 e. The van der Waals surface area contributed by atoms with Crippen LogP contribution in [0.15, 0.2) is 24.3 Å². The molecule has 0 amide bonds. The summed E-state index contributed by atoms with van der Waals surface area (Å²) in [4.78, 5) is 12.0. The third kappa shape index (κ3) is 6.83. The Morgan fingerprint density at radius 3 is 2.54 bits per heavy atom. The van der Waals surface area contributed by atoms with Crippen LogP contribution in [0.4, 0.5) is 4.39 Å². The molecule has 1 saturated heterocycles. The zero-order chi connectivity index (χ0) is 18.4. The second kappa shape index (κ2) is 10.8. The van der Waals surface area contributed by atoms with E-state index in [0.29, 0.717) is 25.6 Å². The normalized spacial score (nSPS) is 27.1. The fraction of sp³-hybridized carbons (Fsp3) is 0.632. The highest BCUT2D eigenvalue weighted by Crippen LogP contribution is 2.23. The molecular weight excluding hydrogens is 361 g/mol. The fourth-order valence-electron chi connectivity index (χ4n) is 2.90. The van der Waals surface area contributed by atoms with Crippen molar-refractivity contribution >= 4 is 18.4 Å². The van der Waals surface area contributed by atoms with Gasteiger partial charge in [0.1, 0.15) is 18.0 Å². The van der Waals surface area contributed by atoms with Gasteiger partial charge in [-0.25, -0.2) is 4.39 Å². The molecule has 0 aromatic heterocycles. The van der Waals surface area contributed by atoms with Crippen molar-refractivity contribution in [2.24, 2.45) is 17.6 Å². The van der Waals surface area contributed by atoms with Gasteiger partial charge in [0.25, 0.3) is 0 Å². The molecule has 26 heavy (non-hydrogen) atoms. The summed E-state index contributed by atoms with van der Waals surface area (Å²) in [5.41, 5.74) is 6.76. The Labute approximate surface area is 160 Å². The summed E-state index contributed by atoms with van der Waals surface area (Å²) >= 11 is 0. The molecule has 1 heterocycles. The number of carbonyl (C=O) groups is 1. The van der Waals surface area contributed by atoms with Gasteiger partial charge >= 0.3 is 5.97 Å². The van der Waals surface area contributed by atoms with Gasteiger partial charge in [-0.2, -0.15) is 0 Å². The molecule has 1 aromatic rings. The first-order valence-corrected chi connectivity index (χ1v) is 8.76. The maximum atomic E-state index is 13.2. The van der Waals surface area contributed by atoms with Gasteiger partial charge in [-0.3, -0.25) is 4.79 Å². The van der Waals surface area contributed by atoms with Gasteiger partial charge in [-0.15, -0.1) is 12.4 Å². The molecule has 1 aliphatic heterocycles. The summed E-state index contributed by atoms with van der Waals surface area (Å²) in [6, 6.07) is 5.59. The lowest BCUT2D eigenvalue weighted by atomic mass is 9.91. The standard InChI is InChI=1S/C19H28FNO4.ClH/c1-12(2)9-24-18-13(3)25-19(22)17(21)11-23-10-15(18)8-14-4-6-16(20)7-5-14;/h4-7,12-13,15,17-18H,8-11,21H2,1-3H3;1H/t13-,15-,17-,18-;/m0./s1. The van der Waals surface area contributed by atoms with Crippen LogP contribution in [0.5, 0.6) is 0 Å². The van der Waals surface area contributed by atoms with Gasteiger partial charge in [0.05, 0.1) is 19.3 Å². The number of hydrogen-bond donors (Lipinski definition) is 1. The van der Waals surface area contributed by atoms with Crippen LogP contribution >= 0.6 is 12.4 Å². The van der Waals surface area contributed by atoms with Crippen LogP contribution in [-0.2, 0) is 25.4 Å². The topological polar surface area (TPSA) is 70.8 Å². The van der Waals surface area contributed by atoms with Crippen molar-refractivity contribution in [2.75, 3.05) is 19.8 Å². The Balaban J connectivity index is 0.00000338. The van der Waals surface area contributed by atoms with Gasteiger partial charge in [0.2, 0.25) is 0 Å². The summed E-state index contributed by atoms with van der Waals surface area (Å²) in [5, 5.41) is 0. The molecule has 2 rings (SSSR count). The molecule has 1 aromatic carbocycles. The van der Waals surface area contributed by atoms with Gasteiger partial charge in [-0.05, 0) is 37.0 Å². The highest BCUT2D eigenvalue weighted by molar-refractivity contribution is 5.85. The van der Waals surface area contributed by atoms with Crippen LogP contribution < -0.4 is 5.73 Å². The summed E-state index contributed by atoms with van der Waals surface area (Å²) < 4.78 is 30.4. The molecule has 7 heteroatoms. The third-order valence-corrected chi connectivity index (χ3v) is 4.19. The first-order valence-electron chi connectivity index (χ1n) is 8.76. The van der Waals surface area contributed by atoms with Crippen LogP contribution in [0.25, 0.3) is 0 Å². The lowest BCUT2D eigenvalue weighted by molar-refractivity contribution is -0.160. The molecule has 0 unspecified atom stereocenters. The highest BCUT2D eigenvalue weighted by atomic mass is 35.5. The second-order valence-electron chi connectivity index (χ2n) is 7.07. The van der Waals surface area contributed by atoms with E-state index in [1.165, 1.54) is 12.1 Å². The Morgan fingerprint density at radius 1 is 1.27 bits per heavy atom. The molecule has 4 atom stereocenters. The van der Waals surface area contributed by atoms with E-state index in [1.807, 2.05) is 6.92 Å². The number of halogens is 2. The molecule has 0 spiro atoms. The van der Waals surface area contributed by atoms with Crippen molar-refractivity contribution in [3.05, 3.63) is 35.6 Å². The van der Waals surface area contributed by atoms with E-state index < -0.39 is 18.1 Å². The lowest BCUT2D eigenvalue weighted by Crippen LogP contribution is -2.42. The molecule has 0 saturated carbocycles. The average molecular weight is 390 g/mol. The second-order valence-corrected chi connectivity index (χ2v) is 7.07. The zero-order valence-electron chi connectivity index (χ0n) is 15.5. The highest BCUT2D eigenvalue weighted by Gasteiger charge is 2.34. The minimum absolute atomic E-state index is 0. The number of benzene rings is 1. The van der Waals surface area contributed by atoms with Crippen molar-refractivity contribution in [3.8, 4) is 0 Å². The van der Waals surface area contributed by atoms with E-state index in [-0.39, 0.29) is 36.9 Å². The lowest BCUT2D eigenvalue weighted by Gasteiger charge is -2.31. The minimum Gasteiger partial charge on any atom is -0.459 e. The first-order chi connectivity index (χ1) is 11.9. The van der Waals surface area contributed by atoms with E-state index in [0.717, 1.165) is 5.56 Å². The Hall–Kier alpha value is -1.21. The van der Waals surface area contributed by atoms with Crippen LogP contribution in [0.2, 0.25) is 0 Å². The first kappa shape index (κ1) is 22.8. The number of rotatable bonds is 5. The van der Waals surface area contributed by atoms with Crippen LogP contribution in [0.3, 0.4) is 0 Å². The van der Waals surface area contributed by atoms with Gasteiger partial charge in [0, 0.05) is 12.5 Å². The Morgan fingerprint density at radius 2 is 1.92 bits per heavy atom. The maximum absolute atomic E-state index is 13.2. The third-order valence-electron chi connectivity index (χ3n) is 4.19. The van der Waals surface area contributed by atoms with Gasteiger partial charge in [-0.1, -0.05) is 26.0 Å². The molecule has 1 aliphatic rings. The number of cyclic esters (lactones) is 1. The minimum atomic E-state index is -0.794. The number of esters is 1. The molecule has 1 fully saturated rings. The number of carbonyl (C=O) groups excluding carboxylic acids is 1. The molecule has 0 bridgehead atoms. The monoisotopic (exact) mass is 389 g/mol. The Bertz CT molecular complexity index is 555. The van der Waals surface area contributed by atoms with Gasteiger partial charge in [0.15, 0.2) is 0 Å². The summed E-state index contributed by atoms with van der Waals surface area (Å²) in [6.07, 6.45) is -0.119. The molecular formula is C19H29ClFNO4. The zero-order valence-corrected chi connectivity index (χ0v) is 16.3. The van der Waals surface area contributed by atoms with E-state index in [4.69, 9.17) is 19.9 Å². The predicted molar refractivity (Wildman–Crippen MR) is 99.8 cm³/mol. The maximum Gasteiger partial charge on any atom is 0.325 e. The molecule has 0 radical (unpaired) electrons. The summed E-state index contributed by atoms with van der Waals surface area (Å²) in [5.74, 6) is -0.425. The number of hydrogen-bond acceptors (Lipinski definition) is 5. The molecule has 0 aliphatic carbocycles. The molecule has 2 N–H and O–H groups in total. The predicted octanol–water partition coefficient (Wildman–Crippen LogP) is 2.74.